The van der Waals surface area contributed by atoms with Crippen LogP contribution >= 0.6 is 11.6 Å². The van der Waals surface area contributed by atoms with Gasteiger partial charge in [0.15, 0.2) is 0 Å². The summed E-state index contributed by atoms with van der Waals surface area (Å²) in [4.78, 5) is 16.8. The van der Waals surface area contributed by atoms with Crippen LogP contribution in [0.25, 0.3) is 22.7 Å². The molecular formula is C31H29ClN8O. The van der Waals surface area contributed by atoms with Crippen molar-refractivity contribution in [2.24, 2.45) is 0 Å². The Morgan fingerprint density at radius 3 is 2.68 bits per heavy atom. The summed E-state index contributed by atoms with van der Waals surface area (Å²) in [6.07, 6.45) is 13.8. The number of ether oxygens (including phenoxy) is 1. The molecule has 0 N–H and O–H groups in total. The first-order chi connectivity index (χ1) is 20.2. The smallest absolute Gasteiger partial charge is 0.128 e. The van der Waals surface area contributed by atoms with Crippen LogP contribution < -0.4 is 9.80 Å². The lowest BCUT2D eigenvalue weighted by Gasteiger charge is -2.56. The standard InChI is InChI=1S/C31H29ClN8O/c32-30-22(14-34-28-3-1-2-26(28)30)16-39-24-10-25(39)18-38(17-24)29-5-4-20(13-35-29)27-11-23(37-6-8-41-9-7-37)19-40-31(27)21(12-33)15-36-40/h1-2,4-5,11,13-15,19,24-25H,3,6-10,16-18H2. The fourth-order valence-electron chi connectivity index (χ4n) is 6.78. The van der Waals surface area contributed by atoms with Crippen molar-refractivity contribution in [2.75, 3.05) is 49.2 Å². The lowest BCUT2D eigenvalue weighted by Crippen LogP contribution is -2.68. The van der Waals surface area contributed by atoms with E-state index in [1.807, 2.05) is 23.1 Å². The summed E-state index contributed by atoms with van der Waals surface area (Å²) in [5.74, 6) is 0.986. The molecule has 0 amide bonds. The number of nitriles is 1. The Kier molecular flexibility index (Phi) is 5.95. The van der Waals surface area contributed by atoms with Crippen LogP contribution in [-0.2, 0) is 17.7 Å². The first kappa shape index (κ1) is 24.8. The summed E-state index contributed by atoms with van der Waals surface area (Å²) in [5.41, 5.74) is 7.66. The van der Waals surface area contributed by atoms with Crippen LogP contribution in [0.2, 0.25) is 5.02 Å². The zero-order valence-electron chi connectivity index (χ0n) is 22.6. The average Bonchev–Trinajstić information content (AvgIpc) is 3.68. The molecule has 0 spiro atoms. The van der Waals surface area contributed by atoms with Crippen molar-refractivity contribution in [3.63, 3.8) is 0 Å². The zero-order valence-corrected chi connectivity index (χ0v) is 23.3. The molecule has 41 heavy (non-hydrogen) atoms. The van der Waals surface area contributed by atoms with E-state index in [1.54, 1.807) is 6.20 Å². The van der Waals surface area contributed by atoms with E-state index < -0.39 is 0 Å². The van der Waals surface area contributed by atoms with E-state index in [-0.39, 0.29) is 0 Å². The van der Waals surface area contributed by atoms with E-state index in [0.29, 0.717) is 30.9 Å². The van der Waals surface area contributed by atoms with Gasteiger partial charge in [0, 0.05) is 85.9 Å². The van der Waals surface area contributed by atoms with Gasteiger partial charge in [0.25, 0.3) is 0 Å². The molecule has 206 valence electrons. The van der Waals surface area contributed by atoms with Gasteiger partial charge in [0.2, 0.25) is 0 Å². The number of hydrogen-bond acceptors (Lipinski definition) is 8. The summed E-state index contributed by atoms with van der Waals surface area (Å²) in [7, 11) is 0. The summed E-state index contributed by atoms with van der Waals surface area (Å²) >= 11 is 6.76. The van der Waals surface area contributed by atoms with E-state index in [4.69, 9.17) is 21.3 Å². The van der Waals surface area contributed by atoms with Gasteiger partial charge in [-0.2, -0.15) is 10.4 Å². The number of halogens is 1. The Hall–Kier alpha value is -3.97. The van der Waals surface area contributed by atoms with Gasteiger partial charge in [0.1, 0.15) is 11.9 Å². The van der Waals surface area contributed by atoms with Gasteiger partial charge < -0.3 is 14.5 Å². The molecule has 10 heteroatoms. The van der Waals surface area contributed by atoms with Gasteiger partial charge in [-0.25, -0.2) is 9.50 Å². The molecule has 2 atom stereocenters. The molecule has 4 aromatic heterocycles. The van der Waals surface area contributed by atoms with Crippen LogP contribution in [-0.4, -0.2) is 76.0 Å². The minimum atomic E-state index is 0.477. The Morgan fingerprint density at radius 2 is 1.90 bits per heavy atom. The maximum Gasteiger partial charge on any atom is 0.128 e. The largest absolute Gasteiger partial charge is 0.378 e. The van der Waals surface area contributed by atoms with Crippen LogP contribution in [0.3, 0.4) is 0 Å². The van der Waals surface area contributed by atoms with Crippen LogP contribution in [0.1, 0.15) is 28.8 Å². The van der Waals surface area contributed by atoms with E-state index in [2.05, 4.69) is 61.2 Å². The molecule has 0 saturated carbocycles. The topological polar surface area (TPSA) is 85.8 Å². The van der Waals surface area contributed by atoms with Crippen LogP contribution in [0.5, 0.6) is 0 Å². The number of anilines is 2. The predicted octanol–water partition coefficient (Wildman–Crippen LogP) is 4.19. The summed E-state index contributed by atoms with van der Waals surface area (Å²) in [5, 5.41) is 15.1. The third kappa shape index (κ3) is 4.17. The molecule has 0 aromatic carbocycles. The second kappa shape index (κ2) is 9.84. The number of piperazine rings is 1. The highest BCUT2D eigenvalue weighted by molar-refractivity contribution is 6.33. The van der Waals surface area contributed by atoms with Gasteiger partial charge >= 0.3 is 0 Å². The number of allylic oxidation sites excluding steroid dienone is 1. The number of rotatable bonds is 5. The molecule has 8 heterocycles. The van der Waals surface area contributed by atoms with Crippen molar-refractivity contribution in [1.82, 2.24) is 24.5 Å². The second-order valence-electron chi connectivity index (χ2n) is 11.3. The highest BCUT2D eigenvalue weighted by Crippen LogP contribution is 2.38. The van der Waals surface area contributed by atoms with Gasteiger partial charge in [0.05, 0.1) is 53.1 Å². The molecule has 9 nitrogen and oxygen atoms in total. The number of pyridine rings is 3. The summed E-state index contributed by atoms with van der Waals surface area (Å²) in [6, 6.07) is 9.64. The van der Waals surface area contributed by atoms with Crippen molar-refractivity contribution in [3.05, 3.63) is 76.5 Å². The SMILES string of the molecule is N#Cc1cnn2cc(N3CCOCC3)cc(-c3ccc(N4CC5CC(C4)N5Cc4cnc5c(c4Cl)C=CC5)nc3)c12. The van der Waals surface area contributed by atoms with Gasteiger partial charge in [-0.15, -0.1) is 0 Å². The van der Waals surface area contributed by atoms with Crippen LogP contribution in [0.4, 0.5) is 11.5 Å². The van der Waals surface area contributed by atoms with Crippen molar-refractivity contribution in [1.29, 1.82) is 5.26 Å². The monoisotopic (exact) mass is 564 g/mol. The molecule has 0 radical (unpaired) electrons. The third-order valence-corrected chi connectivity index (χ3v) is 9.42. The quantitative estimate of drug-likeness (QED) is 0.357. The number of aromatic nitrogens is 4. The van der Waals surface area contributed by atoms with Gasteiger partial charge in [-0.3, -0.25) is 9.88 Å². The number of fused-ring (bicyclic) bond motifs is 4. The molecule has 4 saturated heterocycles. The molecule has 4 aliphatic heterocycles. The minimum Gasteiger partial charge on any atom is -0.378 e. The lowest BCUT2D eigenvalue weighted by atomic mass is 9.86. The van der Waals surface area contributed by atoms with Crippen LogP contribution in [0.15, 0.2) is 49.1 Å². The number of piperidine rings is 1. The highest BCUT2D eigenvalue weighted by Gasteiger charge is 2.45. The van der Waals surface area contributed by atoms with Crippen molar-refractivity contribution in [2.45, 2.75) is 31.5 Å². The van der Waals surface area contributed by atoms with Crippen molar-refractivity contribution < 1.29 is 4.74 Å². The average molecular weight is 565 g/mol. The third-order valence-electron chi connectivity index (χ3n) is 8.98. The normalized spacial score (nSPS) is 21.7. The number of nitrogens with zero attached hydrogens (tertiary/aromatic N) is 8. The van der Waals surface area contributed by atoms with Crippen molar-refractivity contribution >= 4 is 34.7 Å². The molecule has 4 fully saturated rings. The molecular weight excluding hydrogens is 536 g/mol. The van der Waals surface area contributed by atoms with E-state index in [1.165, 1.54) is 6.42 Å². The molecule has 4 aromatic rings. The Morgan fingerprint density at radius 1 is 1.05 bits per heavy atom. The minimum absolute atomic E-state index is 0.477. The first-order valence-electron chi connectivity index (χ1n) is 14.2. The molecule has 2 bridgehead atoms. The van der Waals surface area contributed by atoms with E-state index in [9.17, 15) is 5.26 Å². The van der Waals surface area contributed by atoms with Crippen molar-refractivity contribution in [3.8, 4) is 17.2 Å². The lowest BCUT2D eigenvalue weighted by molar-refractivity contribution is -0.00873. The number of morpholine rings is 1. The van der Waals surface area contributed by atoms with E-state index in [0.717, 1.165) is 89.1 Å². The fraction of sp³-hybridized carbons (Fsp3) is 0.355. The first-order valence-corrected chi connectivity index (χ1v) is 14.6. The number of hydrogen-bond donors (Lipinski definition) is 0. The maximum atomic E-state index is 9.76. The molecule has 5 aliphatic rings. The highest BCUT2D eigenvalue weighted by atomic mass is 35.5. The Labute approximate surface area is 243 Å². The predicted molar refractivity (Wildman–Crippen MR) is 158 cm³/mol. The van der Waals surface area contributed by atoms with Crippen LogP contribution in [0, 0.1) is 11.3 Å². The van der Waals surface area contributed by atoms with E-state index >= 15 is 0 Å². The Balaban J connectivity index is 1.02. The van der Waals surface area contributed by atoms with Gasteiger partial charge in [-0.05, 0) is 24.6 Å². The molecule has 1 aliphatic carbocycles. The zero-order chi connectivity index (χ0) is 27.5. The second-order valence-corrected chi connectivity index (χ2v) is 11.6. The fourth-order valence-corrected chi connectivity index (χ4v) is 7.06. The summed E-state index contributed by atoms with van der Waals surface area (Å²) in [6.45, 7) is 5.79. The maximum absolute atomic E-state index is 9.76. The molecule has 9 rings (SSSR count). The Bertz CT molecular complexity index is 1710. The summed E-state index contributed by atoms with van der Waals surface area (Å²) < 4.78 is 7.37. The molecule has 2 unspecified atom stereocenters. The van der Waals surface area contributed by atoms with Gasteiger partial charge in [-0.1, -0.05) is 23.8 Å².